The van der Waals surface area contributed by atoms with Gasteiger partial charge in [0.25, 0.3) is 0 Å². The smallest absolute Gasteiger partial charge is 0.247 e. The fraction of sp³-hybridized carbons (Fsp3) is 0.387. The van der Waals surface area contributed by atoms with Crippen molar-refractivity contribution in [2.45, 2.75) is 51.9 Å². The van der Waals surface area contributed by atoms with Crippen LogP contribution in [0.5, 0.6) is 0 Å². The maximum Gasteiger partial charge on any atom is 0.247 e. The van der Waals surface area contributed by atoms with Crippen molar-refractivity contribution in [1.82, 2.24) is 30.2 Å². The number of pyridine rings is 1. The molecule has 2 aromatic heterocycles. The number of ether oxygens (including phenoxy) is 1. The maximum absolute atomic E-state index is 14.1. The first kappa shape index (κ1) is 28.2. The van der Waals surface area contributed by atoms with Gasteiger partial charge in [-0.25, -0.2) is 4.68 Å². The second-order valence-corrected chi connectivity index (χ2v) is 10.2. The van der Waals surface area contributed by atoms with Crippen molar-refractivity contribution >= 4 is 28.5 Å². The van der Waals surface area contributed by atoms with Crippen LogP contribution in [0.4, 0.5) is 5.69 Å². The number of amides is 2. The number of nitrogens with zero attached hydrogens (tertiary/aromatic N) is 6. The lowest BCUT2D eigenvalue weighted by Gasteiger charge is -2.32. The molecule has 1 saturated heterocycles. The lowest BCUT2D eigenvalue weighted by atomic mass is 10.0. The standard InChI is InChI=1S/C31H37N7O3/c1-3-36(4-2)25-15-13-24(14-16-25)30(31(40)33-20-26-10-8-18-41-26)37(21-23-9-7-17-32-19-23)29(39)22-38-28-12-6-5-11-27(28)34-35-38/h5-7,9,11-17,19,26,30H,3-4,8,10,18,20-22H2,1-2H3,(H,33,40). The minimum absolute atomic E-state index is 0.0198. The Bertz CT molecular complexity index is 1430. The average molecular weight is 556 g/mol. The van der Waals surface area contributed by atoms with Crippen LogP contribution < -0.4 is 10.2 Å². The van der Waals surface area contributed by atoms with Crippen molar-refractivity contribution in [3.8, 4) is 0 Å². The number of para-hydroxylation sites is 1. The van der Waals surface area contributed by atoms with Gasteiger partial charge < -0.3 is 19.9 Å². The molecule has 0 aliphatic carbocycles. The molecule has 0 bridgehead atoms. The van der Waals surface area contributed by atoms with Gasteiger partial charge >= 0.3 is 0 Å². The van der Waals surface area contributed by atoms with Gasteiger partial charge in [0.15, 0.2) is 0 Å². The highest BCUT2D eigenvalue weighted by atomic mass is 16.5. The molecule has 41 heavy (non-hydrogen) atoms. The van der Waals surface area contributed by atoms with Gasteiger partial charge in [0.2, 0.25) is 11.8 Å². The van der Waals surface area contributed by atoms with E-state index in [2.05, 4.69) is 39.4 Å². The molecule has 2 atom stereocenters. The molecular formula is C31H37N7O3. The van der Waals surface area contributed by atoms with Crippen molar-refractivity contribution in [3.05, 3.63) is 84.2 Å². The summed E-state index contributed by atoms with van der Waals surface area (Å²) in [6, 6.07) is 18.3. The topological polar surface area (TPSA) is 105 Å². The van der Waals surface area contributed by atoms with Crippen LogP contribution in [0.25, 0.3) is 11.0 Å². The van der Waals surface area contributed by atoms with Crippen molar-refractivity contribution < 1.29 is 14.3 Å². The third kappa shape index (κ3) is 6.71. The highest BCUT2D eigenvalue weighted by Gasteiger charge is 2.33. The summed E-state index contributed by atoms with van der Waals surface area (Å²) in [4.78, 5) is 36.2. The van der Waals surface area contributed by atoms with Crippen LogP contribution >= 0.6 is 0 Å². The Labute approximate surface area is 240 Å². The molecule has 0 saturated carbocycles. The molecule has 2 amide bonds. The summed E-state index contributed by atoms with van der Waals surface area (Å²) in [6.45, 7) is 7.21. The van der Waals surface area contributed by atoms with Gasteiger partial charge in [-0.3, -0.25) is 14.6 Å². The Hall–Kier alpha value is -4.31. The first-order valence-corrected chi connectivity index (χ1v) is 14.3. The van der Waals surface area contributed by atoms with Crippen LogP contribution in [0.1, 0.15) is 43.9 Å². The average Bonchev–Trinajstić information content (AvgIpc) is 3.68. The number of hydrogen-bond acceptors (Lipinski definition) is 7. The molecule has 2 unspecified atom stereocenters. The molecule has 5 rings (SSSR count). The number of fused-ring (bicyclic) bond motifs is 1. The monoisotopic (exact) mass is 555 g/mol. The summed E-state index contributed by atoms with van der Waals surface area (Å²) < 4.78 is 7.32. The molecule has 10 nitrogen and oxygen atoms in total. The van der Waals surface area contributed by atoms with E-state index in [-0.39, 0.29) is 31.0 Å². The predicted octanol–water partition coefficient (Wildman–Crippen LogP) is 3.74. The Morgan fingerprint density at radius 1 is 1.07 bits per heavy atom. The van der Waals surface area contributed by atoms with Crippen molar-refractivity contribution in [3.63, 3.8) is 0 Å². The number of carbonyl (C=O) groups is 2. The van der Waals surface area contributed by atoms with Crippen LogP contribution in [0.2, 0.25) is 0 Å². The normalized spacial score (nSPS) is 15.5. The number of nitrogens with one attached hydrogen (secondary N) is 1. The van der Waals surface area contributed by atoms with Gasteiger partial charge in [0, 0.05) is 50.9 Å². The van der Waals surface area contributed by atoms with E-state index in [1.165, 1.54) is 0 Å². The van der Waals surface area contributed by atoms with E-state index in [9.17, 15) is 9.59 Å². The number of carbonyl (C=O) groups excluding carboxylic acids is 2. The number of aromatic nitrogens is 4. The zero-order valence-corrected chi connectivity index (χ0v) is 23.6. The summed E-state index contributed by atoms with van der Waals surface area (Å²) in [5, 5.41) is 11.5. The van der Waals surface area contributed by atoms with Gasteiger partial charge in [0.1, 0.15) is 18.1 Å². The summed E-state index contributed by atoms with van der Waals surface area (Å²) >= 11 is 0. The van der Waals surface area contributed by atoms with Gasteiger partial charge in [-0.1, -0.05) is 35.5 Å². The number of hydrogen-bond donors (Lipinski definition) is 1. The molecule has 0 radical (unpaired) electrons. The van der Waals surface area contributed by atoms with Crippen molar-refractivity contribution in [2.24, 2.45) is 0 Å². The molecule has 0 spiro atoms. The van der Waals surface area contributed by atoms with Gasteiger partial charge in [-0.05, 0) is 68.1 Å². The van der Waals surface area contributed by atoms with Crippen LogP contribution in [-0.2, 0) is 27.4 Å². The van der Waals surface area contributed by atoms with E-state index in [1.807, 2.05) is 60.7 Å². The maximum atomic E-state index is 14.1. The van der Waals surface area contributed by atoms with Crippen LogP contribution in [0.3, 0.4) is 0 Å². The largest absolute Gasteiger partial charge is 0.376 e. The predicted molar refractivity (Wildman–Crippen MR) is 157 cm³/mol. The van der Waals surface area contributed by atoms with E-state index in [0.29, 0.717) is 18.7 Å². The quantitative estimate of drug-likeness (QED) is 0.284. The fourth-order valence-corrected chi connectivity index (χ4v) is 5.31. The summed E-state index contributed by atoms with van der Waals surface area (Å²) in [5.74, 6) is -0.508. The van der Waals surface area contributed by atoms with Gasteiger partial charge in [-0.2, -0.15) is 0 Å². The molecule has 1 fully saturated rings. The van der Waals surface area contributed by atoms with Crippen molar-refractivity contribution in [2.75, 3.05) is 31.1 Å². The minimum Gasteiger partial charge on any atom is -0.376 e. The third-order valence-electron chi connectivity index (χ3n) is 7.53. The Morgan fingerprint density at radius 3 is 2.59 bits per heavy atom. The minimum atomic E-state index is -0.871. The van der Waals surface area contributed by atoms with E-state index in [0.717, 1.165) is 48.3 Å². The molecule has 1 aliphatic heterocycles. The van der Waals surface area contributed by atoms with E-state index in [1.54, 1.807) is 22.0 Å². The molecule has 3 heterocycles. The lowest BCUT2D eigenvalue weighted by Crippen LogP contribution is -2.46. The zero-order chi connectivity index (χ0) is 28.6. The number of rotatable bonds is 12. The number of anilines is 1. The van der Waals surface area contributed by atoms with E-state index >= 15 is 0 Å². The molecule has 10 heteroatoms. The third-order valence-corrected chi connectivity index (χ3v) is 7.53. The first-order valence-electron chi connectivity index (χ1n) is 14.3. The zero-order valence-electron chi connectivity index (χ0n) is 23.6. The molecule has 2 aromatic carbocycles. The first-order chi connectivity index (χ1) is 20.1. The van der Waals surface area contributed by atoms with Gasteiger partial charge in [0.05, 0.1) is 11.6 Å². The molecule has 1 N–H and O–H groups in total. The molecule has 214 valence electrons. The highest BCUT2D eigenvalue weighted by Crippen LogP contribution is 2.27. The SMILES string of the molecule is CCN(CC)c1ccc(C(C(=O)NCC2CCCO2)N(Cc2cccnc2)C(=O)Cn2nnc3ccccc32)cc1. The Balaban J connectivity index is 1.50. The summed E-state index contributed by atoms with van der Waals surface area (Å²) in [5.41, 5.74) is 4.08. The lowest BCUT2D eigenvalue weighted by molar-refractivity contribution is -0.142. The summed E-state index contributed by atoms with van der Waals surface area (Å²) in [7, 11) is 0. The Morgan fingerprint density at radius 2 is 1.88 bits per heavy atom. The second-order valence-electron chi connectivity index (χ2n) is 10.2. The van der Waals surface area contributed by atoms with Gasteiger partial charge in [-0.15, -0.1) is 5.10 Å². The summed E-state index contributed by atoms with van der Waals surface area (Å²) in [6.07, 6.45) is 5.27. The highest BCUT2D eigenvalue weighted by molar-refractivity contribution is 5.89. The number of benzene rings is 2. The second kappa shape index (κ2) is 13.4. The van der Waals surface area contributed by atoms with Crippen LogP contribution in [0.15, 0.2) is 73.1 Å². The molecular weight excluding hydrogens is 518 g/mol. The van der Waals surface area contributed by atoms with E-state index in [4.69, 9.17) is 4.74 Å². The Kier molecular flexibility index (Phi) is 9.20. The fourth-order valence-electron chi connectivity index (χ4n) is 5.31. The van der Waals surface area contributed by atoms with Crippen LogP contribution in [-0.4, -0.2) is 69.0 Å². The molecule has 1 aliphatic rings. The van der Waals surface area contributed by atoms with Crippen LogP contribution in [0, 0.1) is 0 Å². The molecule has 4 aromatic rings. The van der Waals surface area contributed by atoms with Crippen molar-refractivity contribution in [1.29, 1.82) is 0 Å². The van der Waals surface area contributed by atoms with E-state index < -0.39 is 6.04 Å².